The summed E-state index contributed by atoms with van der Waals surface area (Å²) in [6, 6.07) is -1.37. The number of methoxy groups -OCH3 is 1. The molecule has 2 rings (SSSR count). The summed E-state index contributed by atoms with van der Waals surface area (Å²) < 4.78 is 20.7. The molecule has 28 heavy (non-hydrogen) atoms. The van der Waals surface area contributed by atoms with E-state index in [1.165, 1.54) is 0 Å². The number of hydrogen-bond donors (Lipinski definition) is 7. The van der Waals surface area contributed by atoms with Gasteiger partial charge in [-0.3, -0.25) is 4.79 Å². The molecule has 10 atom stereocenters. The van der Waals surface area contributed by atoms with E-state index in [2.05, 4.69) is 5.32 Å². The van der Waals surface area contributed by atoms with Crippen LogP contribution in [0.2, 0.25) is 0 Å². The van der Waals surface area contributed by atoms with Crippen LogP contribution in [0.4, 0.5) is 0 Å². The number of hydrogen-bond acceptors (Lipinski definition) is 11. The van der Waals surface area contributed by atoms with Crippen LogP contribution in [0.25, 0.3) is 0 Å². The summed E-state index contributed by atoms with van der Waals surface area (Å²) in [5.74, 6) is -2.16. The Kier molecular flexibility index (Phi) is 7.66. The zero-order valence-corrected chi connectivity index (χ0v) is 15.1. The number of aliphatic hydroxyl groups is 5. The van der Waals surface area contributed by atoms with Gasteiger partial charge in [-0.1, -0.05) is 0 Å². The van der Waals surface area contributed by atoms with Gasteiger partial charge in [-0.05, 0) is 0 Å². The highest BCUT2D eigenvalue weighted by Gasteiger charge is 2.53. The monoisotopic (exact) mass is 411 g/mol. The second-order valence-corrected chi connectivity index (χ2v) is 6.51. The largest absolute Gasteiger partial charge is 0.479 e. The third-order valence-corrected chi connectivity index (χ3v) is 4.56. The first-order valence-electron chi connectivity index (χ1n) is 8.44. The van der Waals surface area contributed by atoms with Crippen LogP contribution >= 0.6 is 0 Å². The molecule has 2 saturated heterocycles. The number of nitrogens with one attached hydrogen (secondary N) is 1. The minimum atomic E-state index is -1.79. The van der Waals surface area contributed by atoms with Gasteiger partial charge in [0.05, 0.1) is 6.61 Å². The minimum absolute atomic E-state index is 0.620. The lowest BCUT2D eigenvalue weighted by molar-refractivity contribution is -0.338. The van der Waals surface area contributed by atoms with Crippen LogP contribution in [0.1, 0.15) is 6.92 Å². The van der Waals surface area contributed by atoms with Crippen molar-refractivity contribution in [3.8, 4) is 0 Å². The third kappa shape index (κ3) is 4.59. The van der Waals surface area contributed by atoms with E-state index in [1.54, 1.807) is 0 Å². The molecule has 0 radical (unpaired) electrons. The second-order valence-electron chi connectivity index (χ2n) is 6.51. The van der Waals surface area contributed by atoms with Crippen LogP contribution in [0.15, 0.2) is 0 Å². The number of carbonyl (C=O) groups excluding carboxylic acids is 1. The van der Waals surface area contributed by atoms with E-state index in [4.69, 9.17) is 18.9 Å². The SMILES string of the molecule is CO[C@@H]1O[C@H](C(=O)O)[C@@H](O[C@@H]2O[C@H](CO)[C@@H](O)[C@H](O)[C@H]2NC(C)=O)[C@H](O)[C@H]1O. The van der Waals surface area contributed by atoms with E-state index < -0.39 is 79.8 Å². The predicted octanol–water partition coefficient (Wildman–Crippen LogP) is -4.51. The van der Waals surface area contributed by atoms with Crippen LogP contribution in [0.5, 0.6) is 0 Å². The minimum Gasteiger partial charge on any atom is -0.479 e. The Balaban J connectivity index is 2.28. The van der Waals surface area contributed by atoms with Crippen molar-refractivity contribution < 1.29 is 59.2 Å². The van der Waals surface area contributed by atoms with Gasteiger partial charge in [-0.25, -0.2) is 4.79 Å². The van der Waals surface area contributed by atoms with E-state index in [0.717, 1.165) is 14.0 Å². The van der Waals surface area contributed by atoms with E-state index in [1.807, 2.05) is 0 Å². The lowest BCUT2D eigenvalue weighted by Crippen LogP contribution is -2.68. The fourth-order valence-corrected chi connectivity index (χ4v) is 3.12. The van der Waals surface area contributed by atoms with Crippen molar-refractivity contribution in [1.82, 2.24) is 5.32 Å². The summed E-state index contributed by atoms with van der Waals surface area (Å²) in [5, 5.41) is 61.5. The fourth-order valence-electron chi connectivity index (χ4n) is 3.12. The highest BCUT2D eigenvalue weighted by molar-refractivity contribution is 5.74. The standard InChI is InChI=1S/C15H25NO12/c1-4(18)16-6-8(20)7(19)5(3-17)26-14(6)27-11-9(21)10(22)15(25-2)28-12(11)13(23)24/h5-12,14-15,17,19-22H,3H2,1-2H3,(H,16,18)(H,23,24)/t5-,6-,7-,8-,9-,10-,11+,12+,14+,15-/m1/s1. The first-order chi connectivity index (χ1) is 13.1. The number of aliphatic hydroxyl groups excluding tert-OH is 5. The highest BCUT2D eigenvalue weighted by atomic mass is 16.7. The van der Waals surface area contributed by atoms with Crippen molar-refractivity contribution in [3.05, 3.63) is 0 Å². The van der Waals surface area contributed by atoms with Gasteiger partial charge in [0.2, 0.25) is 5.91 Å². The molecule has 2 heterocycles. The average molecular weight is 411 g/mol. The van der Waals surface area contributed by atoms with Crippen LogP contribution in [-0.2, 0) is 28.5 Å². The van der Waals surface area contributed by atoms with Gasteiger partial charge in [0.15, 0.2) is 18.7 Å². The summed E-state index contributed by atoms with van der Waals surface area (Å²) in [4.78, 5) is 23.0. The van der Waals surface area contributed by atoms with E-state index >= 15 is 0 Å². The Bertz CT molecular complexity index is 561. The molecule has 0 spiro atoms. The summed E-state index contributed by atoms with van der Waals surface area (Å²) >= 11 is 0. The molecule has 0 unspecified atom stereocenters. The molecule has 2 fully saturated rings. The maximum Gasteiger partial charge on any atom is 0.335 e. The van der Waals surface area contributed by atoms with Gasteiger partial charge in [0.25, 0.3) is 0 Å². The Morgan fingerprint density at radius 1 is 1.00 bits per heavy atom. The van der Waals surface area contributed by atoms with Crippen LogP contribution in [0.3, 0.4) is 0 Å². The van der Waals surface area contributed by atoms with E-state index in [-0.39, 0.29) is 0 Å². The van der Waals surface area contributed by atoms with Crippen molar-refractivity contribution in [3.63, 3.8) is 0 Å². The molecule has 1 amide bonds. The van der Waals surface area contributed by atoms with Crippen molar-refractivity contribution >= 4 is 11.9 Å². The zero-order valence-electron chi connectivity index (χ0n) is 15.1. The average Bonchev–Trinajstić information content (AvgIpc) is 2.64. The van der Waals surface area contributed by atoms with Gasteiger partial charge in [0, 0.05) is 14.0 Å². The molecule has 0 saturated carbocycles. The molecule has 0 aliphatic carbocycles. The van der Waals surface area contributed by atoms with Crippen LogP contribution < -0.4 is 5.32 Å². The first-order valence-corrected chi connectivity index (χ1v) is 8.44. The predicted molar refractivity (Wildman–Crippen MR) is 85.6 cm³/mol. The molecule has 0 aromatic heterocycles. The van der Waals surface area contributed by atoms with E-state index in [9.17, 15) is 40.2 Å². The second kappa shape index (κ2) is 9.39. The van der Waals surface area contributed by atoms with Crippen molar-refractivity contribution in [2.75, 3.05) is 13.7 Å². The van der Waals surface area contributed by atoms with Gasteiger partial charge in [-0.2, -0.15) is 0 Å². The first kappa shape index (κ1) is 22.9. The van der Waals surface area contributed by atoms with Crippen LogP contribution in [0, 0.1) is 0 Å². The topological polar surface area (TPSA) is 204 Å². The smallest absolute Gasteiger partial charge is 0.335 e. The number of carbonyl (C=O) groups is 2. The Labute approximate surface area is 159 Å². The maximum absolute atomic E-state index is 11.5. The molecule has 13 heteroatoms. The van der Waals surface area contributed by atoms with Gasteiger partial charge < -0.3 is 54.9 Å². The number of carboxylic acid groups (broad SMARTS) is 1. The molecular formula is C15H25NO12. The molecule has 7 N–H and O–H groups in total. The summed E-state index contributed by atoms with van der Waals surface area (Å²) in [5.41, 5.74) is 0. The number of ether oxygens (including phenoxy) is 4. The number of carboxylic acids is 1. The van der Waals surface area contributed by atoms with Crippen molar-refractivity contribution in [1.29, 1.82) is 0 Å². The van der Waals surface area contributed by atoms with Gasteiger partial charge in [-0.15, -0.1) is 0 Å². The van der Waals surface area contributed by atoms with Crippen molar-refractivity contribution in [2.24, 2.45) is 0 Å². The molecule has 0 aromatic rings. The normalized spacial score (nSPS) is 44.1. The number of aliphatic carboxylic acids is 1. The molecule has 0 aromatic carbocycles. The van der Waals surface area contributed by atoms with Gasteiger partial charge >= 0.3 is 5.97 Å². The Hall–Kier alpha value is -1.42. The lowest BCUT2D eigenvalue weighted by atomic mass is 9.95. The van der Waals surface area contributed by atoms with E-state index in [0.29, 0.717) is 0 Å². The summed E-state index contributed by atoms with van der Waals surface area (Å²) in [7, 11) is 1.14. The maximum atomic E-state index is 11.5. The lowest BCUT2D eigenvalue weighted by Gasteiger charge is -2.46. The zero-order chi connectivity index (χ0) is 21.2. The molecule has 2 aliphatic heterocycles. The number of rotatable bonds is 6. The molecule has 0 bridgehead atoms. The molecular weight excluding hydrogens is 386 g/mol. The van der Waals surface area contributed by atoms with Gasteiger partial charge in [0.1, 0.15) is 42.7 Å². The summed E-state index contributed by atoms with van der Waals surface area (Å²) in [6.07, 6.45) is -14.5. The molecule has 13 nitrogen and oxygen atoms in total. The molecule has 162 valence electrons. The Morgan fingerprint density at radius 3 is 2.14 bits per heavy atom. The van der Waals surface area contributed by atoms with Crippen molar-refractivity contribution in [2.45, 2.75) is 68.3 Å². The number of amides is 1. The highest BCUT2D eigenvalue weighted by Crippen LogP contribution is 2.29. The summed E-state index contributed by atoms with van der Waals surface area (Å²) in [6.45, 7) is 0.408. The Morgan fingerprint density at radius 2 is 1.64 bits per heavy atom. The quantitative estimate of drug-likeness (QED) is 0.221. The molecule has 2 aliphatic rings. The fraction of sp³-hybridized carbons (Fsp3) is 0.867. The third-order valence-electron chi connectivity index (χ3n) is 4.56. The van der Waals surface area contributed by atoms with Crippen LogP contribution in [-0.4, -0.2) is 118 Å².